The van der Waals surface area contributed by atoms with Crippen molar-refractivity contribution in [2.24, 2.45) is 5.92 Å². The second-order valence-corrected chi connectivity index (χ2v) is 5.19. The van der Waals surface area contributed by atoms with Gasteiger partial charge in [0.25, 0.3) is 5.91 Å². The number of anilines is 1. The standard InChI is InChI=1S/C14H14N2O7/c15-9-2-1-6(3-8(9)13(20)21)11(17)16-5-7(12(18)19)4-10(16)14(22)23/h1-3,7,10H,4-5,15H2,(H,18,19)(H,20,21)(H,22,23). The molecule has 1 aliphatic rings. The smallest absolute Gasteiger partial charge is 0.337 e. The number of aliphatic carboxylic acids is 2. The normalized spacial score (nSPS) is 20.3. The Bertz CT molecular complexity index is 700. The van der Waals surface area contributed by atoms with Gasteiger partial charge in [0.05, 0.1) is 11.5 Å². The van der Waals surface area contributed by atoms with Gasteiger partial charge in [-0.3, -0.25) is 9.59 Å². The number of carboxylic acids is 3. The first-order valence-corrected chi connectivity index (χ1v) is 6.61. The zero-order valence-electron chi connectivity index (χ0n) is 11.8. The molecule has 0 saturated carbocycles. The lowest BCUT2D eigenvalue weighted by Crippen LogP contribution is -2.40. The van der Waals surface area contributed by atoms with Gasteiger partial charge in [0.15, 0.2) is 0 Å². The summed E-state index contributed by atoms with van der Waals surface area (Å²) in [6, 6.07) is 2.29. The molecule has 2 rings (SSSR count). The maximum atomic E-state index is 12.5. The van der Waals surface area contributed by atoms with E-state index >= 15 is 0 Å². The molecular formula is C14H14N2O7. The number of hydrogen-bond donors (Lipinski definition) is 4. The van der Waals surface area contributed by atoms with Crippen LogP contribution in [0.3, 0.4) is 0 Å². The van der Waals surface area contributed by atoms with E-state index in [2.05, 4.69) is 0 Å². The average Bonchev–Trinajstić information content (AvgIpc) is 2.92. The van der Waals surface area contributed by atoms with E-state index in [0.717, 1.165) is 11.0 Å². The summed E-state index contributed by atoms with van der Waals surface area (Å²) in [5, 5.41) is 27.2. The van der Waals surface area contributed by atoms with Crippen LogP contribution in [0.2, 0.25) is 0 Å². The highest BCUT2D eigenvalue weighted by molar-refractivity contribution is 6.01. The summed E-state index contributed by atoms with van der Waals surface area (Å²) in [4.78, 5) is 46.7. The minimum absolute atomic E-state index is 0.0336. The number of likely N-dealkylation sites (tertiary alicyclic amines) is 1. The third-order valence-electron chi connectivity index (χ3n) is 3.73. The topological polar surface area (TPSA) is 158 Å². The number of hydrogen-bond acceptors (Lipinski definition) is 5. The van der Waals surface area contributed by atoms with Crippen LogP contribution in [0.25, 0.3) is 0 Å². The fraction of sp³-hybridized carbons (Fsp3) is 0.286. The Morgan fingerprint density at radius 1 is 1.09 bits per heavy atom. The first-order valence-electron chi connectivity index (χ1n) is 6.61. The Morgan fingerprint density at radius 2 is 1.74 bits per heavy atom. The Kier molecular flexibility index (Phi) is 4.21. The molecule has 1 fully saturated rings. The van der Waals surface area contributed by atoms with Crippen LogP contribution in [0, 0.1) is 5.92 Å². The molecule has 0 aromatic heterocycles. The van der Waals surface area contributed by atoms with E-state index in [-0.39, 0.29) is 29.8 Å². The molecule has 2 atom stereocenters. The number of carboxylic acid groups (broad SMARTS) is 3. The number of carbonyl (C=O) groups is 4. The largest absolute Gasteiger partial charge is 0.481 e. The van der Waals surface area contributed by atoms with Gasteiger partial charge in [0.1, 0.15) is 6.04 Å². The minimum atomic E-state index is -1.32. The number of carbonyl (C=O) groups excluding carboxylic acids is 1. The van der Waals surface area contributed by atoms with Crippen LogP contribution in [0.15, 0.2) is 18.2 Å². The van der Waals surface area contributed by atoms with E-state index in [9.17, 15) is 19.2 Å². The van der Waals surface area contributed by atoms with E-state index in [4.69, 9.17) is 21.1 Å². The van der Waals surface area contributed by atoms with Crippen molar-refractivity contribution in [1.29, 1.82) is 0 Å². The molecule has 0 spiro atoms. The van der Waals surface area contributed by atoms with E-state index < -0.39 is 35.8 Å². The van der Waals surface area contributed by atoms with Gasteiger partial charge in [-0.1, -0.05) is 0 Å². The van der Waals surface area contributed by atoms with E-state index in [0.29, 0.717) is 0 Å². The van der Waals surface area contributed by atoms with Crippen LogP contribution >= 0.6 is 0 Å². The molecule has 1 saturated heterocycles. The zero-order valence-corrected chi connectivity index (χ0v) is 11.8. The summed E-state index contributed by atoms with van der Waals surface area (Å²) in [5.41, 5.74) is 5.13. The maximum absolute atomic E-state index is 12.5. The van der Waals surface area contributed by atoms with Crippen molar-refractivity contribution in [3.05, 3.63) is 29.3 Å². The third-order valence-corrected chi connectivity index (χ3v) is 3.73. The fourth-order valence-corrected chi connectivity index (χ4v) is 2.51. The maximum Gasteiger partial charge on any atom is 0.337 e. The SMILES string of the molecule is Nc1ccc(C(=O)N2CC(C(=O)O)CC2C(=O)O)cc1C(=O)O. The van der Waals surface area contributed by atoms with Crippen LogP contribution in [0.5, 0.6) is 0 Å². The molecule has 122 valence electrons. The van der Waals surface area contributed by atoms with Gasteiger partial charge < -0.3 is 26.0 Å². The van der Waals surface area contributed by atoms with Crippen molar-refractivity contribution in [1.82, 2.24) is 4.90 Å². The summed E-state index contributed by atoms with van der Waals surface area (Å²) in [6.07, 6.45) is -0.197. The molecule has 23 heavy (non-hydrogen) atoms. The van der Waals surface area contributed by atoms with Crippen molar-refractivity contribution in [3.63, 3.8) is 0 Å². The lowest BCUT2D eigenvalue weighted by Gasteiger charge is -2.21. The fourth-order valence-electron chi connectivity index (χ4n) is 2.51. The Hall–Kier alpha value is -3.10. The zero-order chi connectivity index (χ0) is 17.3. The summed E-state index contributed by atoms with van der Waals surface area (Å²) in [6.45, 7) is -0.252. The van der Waals surface area contributed by atoms with Crippen LogP contribution in [0.1, 0.15) is 27.1 Å². The number of nitrogens with zero attached hydrogens (tertiary/aromatic N) is 1. The molecule has 0 radical (unpaired) electrons. The number of benzene rings is 1. The number of nitrogen functional groups attached to an aromatic ring is 1. The number of nitrogens with two attached hydrogens (primary N) is 1. The summed E-state index contributed by atoms with van der Waals surface area (Å²) < 4.78 is 0. The molecule has 0 aliphatic carbocycles. The molecule has 1 aromatic carbocycles. The first kappa shape index (κ1) is 16.3. The Balaban J connectivity index is 2.35. The Labute approximate surface area is 129 Å². The van der Waals surface area contributed by atoms with Crippen molar-refractivity contribution in [2.45, 2.75) is 12.5 Å². The van der Waals surface area contributed by atoms with Crippen molar-refractivity contribution in [3.8, 4) is 0 Å². The highest BCUT2D eigenvalue weighted by atomic mass is 16.4. The van der Waals surface area contributed by atoms with E-state index in [1.165, 1.54) is 12.1 Å². The second-order valence-electron chi connectivity index (χ2n) is 5.19. The second kappa shape index (κ2) is 5.95. The summed E-state index contributed by atoms with van der Waals surface area (Å²) >= 11 is 0. The monoisotopic (exact) mass is 322 g/mol. The predicted molar refractivity (Wildman–Crippen MR) is 76.0 cm³/mol. The third kappa shape index (κ3) is 3.07. The molecular weight excluding hydrogens is 308 g/mol. The van der Waals surface area contributed by atoms with Gasteiger partial charge in [0, 0.05) is 17.8 Å². The van der Waals surface area contributed by atoms with E-state index in [1.54, 1.807) is 0 Å². The molecule has 2 unspecified atom stereocenters. The van der Waals surface area contributed by atoms with Gasteiger partial charge in [-0.05, 0) is 24.6 Å². The summed E-state index contributed by atoms with van der Waals surface area (Å²) in [5.74, 6) is -5.54. The lowest BCUT2D eigenvalue weighted by molar-refractivity contribution is -0.141. The average molecular weight is 322 g/mol. The number of rotatable bonds is 4. The molecule has 1 heterocycles. The van der Waals surface area contributed by atoms with Crippen LogP contribution in [-0.4, -0.2) is 56.6 Å². The van der Waals surface area contributed by atoms with Crippen molar-refractivity contribution in [2.75, 3.05) is 12.3 Å². The van der Waals surface area contributed by atoms with Gasteiger partial charge >= 0.3 is 17.9 Å². The van der Waals surface area contributed by atoms with Crippen LogP contribution in [-0.2, 0) is 9.59 Å². The molecule has 0 bridgehead atoms. The minimum Gasteiger partial charge on any atom is -0.481 e. The highest BCUT2D eigenvalue weighted by Gasteiger charge is 2.42. The molecule has 9 nitrogen and oxygen atoms in total. The van der Waals surface area contributed by atoms with E-state index in [1.807, 2.05) is 0 Å². The molecule has 1 aromatic rings. The molecule has 1 amide bonds. The molecule has 1 aliphatic heterocycles. The molecule has 9 heteroatoms. The van der Waals surface area contributed by atoms with Crippen molar-refractivity contribution >= 4 is 29.5 Å². The predicted octanol–water partition coefficient (Wildman–Crippen LogP) is -0.0331. The van der Waals surface area contributed by atoms with Crippen LogP contribution in [0.4, 0.5) is 5.69 Å². The summed E-state index contributed by atoms with van der Waals surface area (Å²) in [7, 11) is 0. The lowest BCUT2D eigenvalue weighted by atomic mass is 10.1. The number of aromatic carboxylic acids is 1. The quantitative estimate of drug-likeness (QED) is 0.562. The van der Waals surface area contributed by atoms with Gasteiger partial charge in [-0.2, -0.15) is 0 Å². The van der Waals surface area contributed by atoms with Gasteiger partial charge in [-0.15, -0.1) is 0 Å². The Morgan fingerprint density at radius 3 is 2.26 bits per heavy atom. The van der Waals surface area contributed by atoms with Crippen LogP contribution < -0.4 is 5.73 Å². The molecule has 5 N–H and O–H groups in total. The highest BCUT2D eigenvalue weighted by Crippen LogP contribution is 2.26. The first-order chi connectivity index (χ1) is 10.7. The van der Waals surface area contributed by atoms with Crippen molar-refractivity contribution < 1.29 is 34.5 Å². The van der Waals surface area contributed by atoms with Gasteiger partial charge in [0.2, 0.25) is 0 Å². The van der Waals surface area contributed by atoms with Gasteiger partial charge in [-0.25, -0.2) is 9.59 Å². The number of amides is 1.